The van der Waals surface area contributed by atoms with Gasteiger partial charge in [-0.1, -0.05) is 20.8 Å². The second kappa shape index (κ2) is 4.43. The van der Waals surface area contributed by atoms with E-state index in [1.54, 1.807) is 0 Å². The summed E-state index contributed by atoms with van der Waals surface area (Å²) in [6, 6.07) is 3.68. The number of hydrogen-bond donors (Lipinski definition) is 3. The molecule has 2 amide bonds. The van der Waals surface area contributed by atoms with Crippen LogP contribution in [0.4, 0.5) is 10.6 Å². The van der Waals surface area contributed by atoms with Crippen LogP contribution in [0.1, 0.15) is 47.2 Å². The van der Waals surface area contributed by atoms with Gasteiger partial charge in [0, 0.05) is 16.6 Å². The summed E-state index contributed by atoms with van der Waals surface area (Å²) in [5.41, 5.74) is 0.924. The van der Waals surface area contributed by atoms with Gasteiger partial charge >= 0.3 is 6.03 Å². The molecule has 1 aromatic heterocycles. The number of H-pyrrole nitrogens is 1. The molecule has 3 N–H and O–H groups in total. The molecular weight excluding hydrogens is 214 g/mol. The third kappa shape index (κ3) is 4.51. The van der Waals surface area contributed by atoms with Crippen LogP contribution in [0.15, 0.2) is 12.1 Å². The Morgan fingerprint density at radius 2 is 1.71 bits per heavy atom. The van der Waals surface area contributed by atoms with Crippen LogP contribution in [-0.2, 0) is 5.41 Å². The SMILES string of the molecule is CC(C)(C)NC(=O)Nc1ccc(C(C)(C)C)[nH]1. The van der Waals surface area contributed by atoms with Crippen LogP contribution in [0.25, 0.3) is 0 Å². The van der Waals surface area contributed by atoms with E-state index in [4.69, 9.17) is 0 Å². The number of anilines is 1. The maximum atomic E-state index is 11.6. The predicted octanol–water partition coefficient (Wildman–Crippen LogP) is 3.23. The molecule has 4 nitrogen and oxygen atoms in total. The van der Waals surface area contributed by atoms with Gasteiger partial charge in [0.2, 0.25) is 0 Å². The molecule has 4 heteroatoms. The zero-order valence-corrected chi connectivity index (χ0v) is 11.6. The fraction of sp³-hybridized carbons (Fsp3) is 0.615. The highest BCUT2D eigenvalue weighted by Gasteiger charge is 2.17. The Hall–Kier alpha value is -1.45. The Morgan fingerprint density at radius 3 is 2.12 bits per heavy atom. The fourth-order valence-electron chi connectivity index (χ4n) is 1.40. The van der Waals surface area contributed by atoms with E-state index in [9.17, 15) is 4.79 Å². The molecule has 0 atom stereocenters. The number of aromatic nitrogens is 1. The van der Waals surface area contributed by atoms with Crippen LogP contribution in [0, 0.1) is 0 Å². The Labute approximate surface area is 103 Å². The first-order valence-electron chi connectivity index (χ1n) is 5.86. The van der Waals surface area contributed by atoms with Crippen LogP contribution >= 0.6 is 0 Å². The van der Waals surface area contributed by atoms with Crippen molar-refractivity contribution in [1.82, 2.24) is 10.3 Å². The van der Waals surface area contributed by atoms with Crippen LogP contribution in [0.3, 0.4) is 0 Å². The quantitative estimate of drug-likeness (QED) is 0.690. The van der Waals surface area contributed by atoms with E-state index < -0.39 is 0 Å². The van der Waals surface area contributed by atoms with Crippen molar-refractivity contribution in [1.29, 1.82) is 0 Å². The van der Waals surface area contributed by atoms with Crippen LogP contribution in [-0.4, -0.2) is 16.6 Å². The third-order valence-electron chi connectivity index (χ3n) is 2.23. The number of hydrogen-bond acceptors (Lipinski definition) is 1. The minimum atomic E-state index is -0.233. The number of amides is 2. The lowest BCUT2D eigenvalue weighted by atomic mass is 9.93. The topological polar surface area (TPSA) is 56.9 Å². The van der Waals surface area contributed by atoms with Crippen molar-refractivity contribution in [2.75, 3.05) is 5.32 Å². The highest BCUT2D eigenvalue weighted by atomic mass is 16.2. The van der Waals surface area contributed by atoms with Gasteiger partial charge in [0.1, 0.15) is 5.82 Å². The van der Waals surface area contributed by atoms with Crippen LogP contribution in [0.5, 0.6) is 0 Å². The zero-order valence-electron chi connectivity index (χ0n) is 11.6. The molecule has 0 saturated heterocycles. The first-order chi connectivity index (χ1) is 7.58. The molecule has 0 aliphatic carbocycles. The average molecular weight is 237 g/mol. The van der Waals surface area contributed by atoms with Crippen molar-refractivity contribution < 1.29 is 4.79 Å². The summed E-state index contributed by atoms with van der Waals surface area (Å²) < 4.78 is 0. The predicted molar refractivity (Wildman–Crippen MR) is 71.4 cm³/mol. The molecule has 0 aliphatic rings. The maximum Gasteiger partial charge on any atom is 0.320 e. The van der Waals surface area contributed by atoms with Gasteiger partial charge < -0.3 is 10.3 Å². The van der Waals surface area contributed by atoms with Crippen LogP contribution < -0.4 is 10.6 Å². The summed E-state index contributed by atoms with van der Waals surface area (Å²) in [7, 11) is 0. The fourth-order valence-corrected chi connectivity index (χ4v) is 1.40. The molecule has 0 unspecified atom stereocenters. The second-order valence-electron chi connectivity index (χ2n) is 6.36. The first-order valence-corrected chi connectivity index (χ1v) is 5.86. The van der Waals surface area contributed by atoms with Gasteiger partial charge in [0.05, 0.1) is 0 Å². The van der Waals surface area contributed by atoms with E-state index >= 15 is 0 Å². The molecule has 0 saturated carbocycles. The van der Waals surface area contributed by atoms with Gasteiger partial charge in [-0.3, -0.25) is 5.32 Å². The number of carbonyl (C=O) groups excluding carboxylic acids is 1. The largest absolute Gasteiger partial charge is 0.345 e. The van der Waals surface area contributed by atoms with Gasteiger partial charge in [-0.05, 0) is 32.9 Å². The molecule has 0 fully saturated rings. The Balaban J connectivity index is 2.65. The maximum absolute atomic E-state index is 11.6. The van der Waals surface area contributed by atoms with Gasteiger partial charge in [0.25, 0.3) is 0 Å². The molecule has 0 bridgehead atoms. The highest BCUT2D eigenvalue weighted by Crippen LogP contribution is 2.22. The summed E-state index contributed by atoms with van der Waals surface area (Å²) in [5.74, 6) is 0.719. The number of nitrogens with one attached hydrogen (secondary N) is 3. The average Bonchev–Trinajstić information content (AvgIpc) is 2.47. The van der Waals surface area contributed by atoms with Crippen molar-refractivity contribution in [2.45, 2.75) is 52.5 Å². The number of carbonyl (C=O) groups is 1. The first kappa shape index (κ1) is 13.6. The summed E-state index contributed by atoms with van der Waals surface area (Å²) in [6.45, 7) is 12.2. The molecule has 0 aliphatic heterocycles. The molecule has 1 heterocycles. The molecule has 17 heavy (non-hydrogen) atoms. The monoisotopic (exact) mass is 237 g/mol. The number of urea groups is 1. The lowest BCUT2D eigenvalue weighted by molar-refractivity contribution is 0.243. The minimum Gasteiger partial charge on any atom is -0.345 e. The number of rotatable bonds is 1. The standard InChI is InChI=1S/C13H23N3O/c1-12(2,3)9-7-8-10(14-9)15-11(17)16-13(4,5)6/h7-8,14H,1-6H3,(H2,15,16,17). The minimum absolute atomic E-state index is 0.0560. The van der Waals surface area contributed by atoms with E-state index in [2.05, 4.69) is 36.4 Å². The second-order valence-corrected chi connectivity index (χ2v) is 6.36. The molecular formula is C13H23N3O. The van der Waals surface area contributed by atoms with Crippen LogP contribution in [0.2, 0.25) is 0 Å². The summed E-state index contributed by atoms with van der Waals surface area (Å²) in [4.78, 5) is 14.8. The summed E-state index contributed by atoms with van der Waals surface area (Å²) >= 11 is 0. The van der Waals surface area contributed by atoms with Gasteiger partial charge in [-0.2, -0.15) is 0 Å². The summed E-state index contributed by atoms with van der Waals surface area (Å²) in [5, 5.41) is 5.63. The van der Waals surface area contributed by atoms with Gasteiger partial charge in [0.15, 0.2) is 0 Å². The van der Waals surface area contributed by atoms with Gasteiger partial charge in [-0.25, -0.2) is 4.79 Å². The van der Waals surface area contributed by atoms with E-state index in [0.29, 0.717) is 0 Å². The lowest BCUT2D eigenvalue weighted by Crippen LogP contribution is -2.43. The summed E-state index contributed by atoms with van der Waals surface area (Å²) in [6.07, 6.45) is 0. The Bertz CT molecular complexity index is 394. The van der Waals surface area contributed by atoms with Crippen molar-refractivity contribution in [3.05, 3.63) is 17.8 Å². The number of aromatic amines is 1. The van der Waals surface area contributed by atoms with Crippen molar-refractivity contribution in [3.8, 4) is 0 Å². The molecule has 0 radical (unpaired) electrons. The Kier molecular flexibility index (Phi) is 3.55. The molecule has 1 rings (SSSR count). The molecule has 0 spiro atoms. The van der Waals surface area contributed by atoms with E-state index in [1.165, 1.54) is 0 Å². The van der Waals surface area contributed by atoms with E-state index in [-0.39, 0.29) is 17.0 Å². The van der Waals surface area contributed by atoms with Crippen molar-refractivity contribution >= 4 is 11.8 Å². The smallest absolute Gasteiger partial charge is 0.320 e. The van der Waals surface area contributed by atoms with E-state index in [1.807, 2.05) is 32.9 Å². The molecule has 0 aromatic carbocycles. The zero-order chi connectivity index (χ0) is 13.3. The van der Waals surface area contributed by atoms with Crippen molar-refractivity contribution in [3.63, 3.8) is 0 Å². The third-order valence-corrected chi connectivity index (χ3v) is 2.23. The molecule has 96 valence electrons. The highest BCUT2D eigenvalue weighted by molar-refractivity contribution is 5.88. The van der Waals surface area contributed by atoms with E-state index in [0.717, 1.165) is 11.5 Å². The molecule has 1 aromatic rings. The van der Waals surface area contributed by atoms with Gasteiger partial charge in [-0.15, -0.1) is 0 Å². The van der Waals surface area contributed by atoms with Crippen molar-refractivity contribution in [2.24, 2.45) is 0 Å². The Morgan fingerprint density at radius 1 is 1.12 bits per heavy atom. The lowest BCUT2D eigenvalue weighted by Gasteiger charge is -2.20. The normalized spacial score (nSPS) is 12.4.